The summed E-state index contributed by atoms with van der Waals surface area (Å²) >= 11 is 9.38. The maximum atomic E-state index is 6.00. The van der Waals surface area contributed by atoms with Gasteiger partial charge in [0.1, 0.15) is 0 Å². The van der Waals surface area contributed by atoms with E-state index in [0.29, 0.717) is 0 Å². The van der Waals surface area contributed by atoms with Gasteiger partial charge >= 0.3 is 0 Å². The van der Waals surface area contributed by atoms with E-state index in [2.05, 4.69) is 26.2 Å². The van der Waals surface area contributed by atoms with Gasteiger partial charge in [0.25, 0.3) is 0 Å². The van der Waals surface area contributed by atoms with Gasteiger partial charge in [-0.2, -0.15) is 0 Å². The molecule has 0 aliphatic heterocycles. The second-order valence-electron chi connectivity index (χ2n) is 3.68. The highest BCUT2D eigenvalue weighted by molar-refractivity contribution is 9.10. The fraction of sp³-hybridized carbons (Fsp3) is 0.154. The van der Waals surface area contributed by atoms with Crippen LogP contribution in [-0.4, -0.2) is 12.0 Å². The second kappa shape index (κ2) is 5.63. The van der Waals surface area contributed by atoms with Crippen LogP contribution in [0.4, 0.5) is 0 Å². The van der Waals surface area contributed by atoms with E-state index in [1.807, 2.05) is 43.4 Å². The zero-order valence-electron chi connectivity index (χ0n) is 9.32. The van der Waals surface area contributed by atoms with Gasteiger partial charge in [0, 0.05) is 15.7 Å². The molecular weight excluding hydrogens is 300 g/mol. The Bertz CT molecular complexity index is 499. The van der Waals surface area contributed by atoms with Crippen molar-refractivity contribution in [1.82, 2.24) is 10.3 Å². The lowest BCUT2D eigenvalue weighted by molar-refractivity contribution is 0.671. The van der Waals surface area contributed by atoms with Crippen molar-refractivity contribution >= 4 is 27.5 Å². The van der Waals surface area contributed by atoms with Crippen molar-refractivity contribution in [2.75, 3.05) is 7.05 Å². The molecule has 0 saturated heterocycles. The maximum Gasteiger partial charge on any atom is 0.0749 e. The molecule has 1 heterocycles. The molecule has 2 nitrogen and oxygen atoms in total. The van der Waals surface area contributed by atoms with Crippen molar-refractivity contribution in [1.29, 1.82) is 0 Å². The minimum Gasteiger partial charge on any atom is -0.308 e. The van der Waals surface area contributed by atoms with Crippen molar-refractivity contribution in [3.63, 3.8) is 0 Å². The number of pyridine rings is 1. The fourth-order valence-electron chi connectivity index (χ4n) is 1.73. The van der Waals surface area contributed by atoms with E-state index in [4.69, 9.17) is 11.6 Å². The second-order valence-corrected chi connectivity index (χ2v) is 5.03. The molecule has 0 bridgehead atoms. The molecule has 1 unspecified atom stereocenters. The highest BCUT2D eigenvalue weighted by Crippen LogP contribution is 2.23. The third kappa shape index (κ3) is 3.06. The Kier molecular flexibility index (Phi) is 4.15. The lowest BCUT2D eigenvalue weighted by atomic mass is 10.0. The number of nitrogens with zero attached hydrogens (tertiary/aromatic N) is 1. The van der Waals surface area contributed by atoms with Crippen LogP contribution in [0.15, 0.2) is 47.1 Å². The molecule has 17 heavy (non-hydrogen) atoms. The van der Waals surface area contributed by atoms with E-state index in [1.165, 1.54) is 0 Å². The van der Waals surface area contributed by atoms with Crippen molar-refractivity contribution in [2.45, 2.75) is 6.04 Å². The minimum absolute atomic E-state index is 0.0572. The van der Waals surface area contributed by atoms with Gasteiger partial charge in [-0.05, 0) is 52.8 Å². The Morgan fingerprint density at radius 3 is 2.71 bits per heavy atom. The summed E-state index contributed by atoms with van der Waals surface area (Å²) in [5, 5.41) is 3.98. The summed E-state index contributed by atoms with van der Waals surface area (Å²) in [6.07, 6.45) is 1.80. The van der Waals surface area contributed by atoms with Crippen LogP contribution < -0.4 is 5.32 Å². The number of hydrogen-bond donors (Lipinski definition) is 1. The van der Waals surface area contributed by atoms with Gasteiger partial charge in [0.15, 0.2) is 0 Å². The fourth-order valence-corrected chi connectivity index (χ4v) is 2.16. The highest BCUT2D eigenvalue weighted by Gasteiger charge is 2.13. The van der Waals surface area contributed by atoms with E-state index >= 15 is 0 Å². The van der Waals surface area contributed by atoms with Gasteiger partial charge in [-0.3, -0.25) is 4.98 Å². The molecule has 0 amide bonds. The molecule has 4 heteroatoms. The van der Waals surface area contributed by atoms with Crippen LogP contribution in [0.2, 0.25) is 5.02 Å². The van der Waals surface area contributed by atoms with Crippen LogP contribution in [0, 0.1) is 0 Å². The third-order valence-electron chi connectivity index (χ3n) is 2.52. The first kappa shape index (κ1) is 12.6. The van der Waals surface area contributed by atoms with Gasteiger partial charge in [0.05, 0.1) is 11.7 Å². The average molecular weight is 312 g/mol. The molecule has 0 fully saturated rings. The monoisotopic (exact) mass is 310 g/mol. The normalized spacial score (nSPS) is 12.4. The van der Waals surface area contributed by atoms with Gasteiger partial charge in [-0.1, -0.05) is 23.7 Å². The summed E-state index contributed by atoms with van der Waals surface area (Å²) in [5.41, 5.74) is 2.08. The zero-order chi connectivity index (χ0) is 12.3. The van der Waals surface area contributed by atoms with E-state index < -0.39 is 0 Å². The molecule has 0 radical (unpaired) electrons. The van der Waals surface area contributed by atoms with Crippen LogP contribution in [0.3, 0.4) is 0 Å². The first-order chi connectivity index (χ1) is 8.20. The van der Waals surface area contributed by atoms with Gasteiger partial charge in [-0.15, -0.1) is 0 Å². The SMILES string of the molecule is CNC(c1cccc(Cl)c1)c1ccc(Br)cn1. The van der Waals surface area contributed by atoms with Crippen molar-refractivity contribution < 1.29 is 0 Å². The molecule has 2 aromatic rings. The molecule has 0 saturated carbocycles. The molecule has 1 N–H and O–H groups in total. The smallest absolute Gasteiger partial charge is 0.0749 e. The number of benzene rings is 1. The zero-order valence-corrected chi connectivity index (χ0v) is 11.7. The molecule has 2 rings (SSSR count). The quantitative estimate of drug-likeness (QED) is 0.932. The molecule has 1 aromatic carbocycles. The van der Waals surface area contributed by atoms with Crippen molar-refractivity contribution in [2.24, 2.45) is 0 Å². The minimum atomic E-state index is 0.0572. The van der Waals surface area contributed by atoms with Crippen molar-refractivity contribution in [3.05, 3.63) is 63.3 Å². The molecule has 0 aliphatic rings. The molecule has 0 aliphatic carbocycles. The molecule has 1 aromatic heterocycles. The predicted molar refractivity (Wildman–Crippen MR) is 74.3 cm³/mol. The number of rotatable bonds is 3. The van der Waals surface area contributed by atoms with Crippen LogP contribution in [0.5, 0.6) is 0 Å². The van der Waals surface area contributed by atoms with E-state index in [1.54, 1.807) is 6.20 Å². The van der Waals surface area contributed by atoms with Crippen LogP contribution >= 0.6 is 27.5 Å². The highest BCUT2D eigenvalue weighted by atomic mass is 79.9. The first-order valence-corrected chi connectivity index (χ1v) is 6.42. The van der Waals surface area contributed by atoms with Crippen LogP contribution in [0.25, 0.3) is 0 Å². The lowest BCUT2D eigenvalue weighted by Gasteiger charge is -2.16. The Balaban J connectivity index is 2.36. The largest absolute Gasteiger partial charge is 0.308 e. The first-order valence-electron chi connectivity index (χ1n) is 5.25. The summed E-state index contributed by atoms with van der Waals surface area (Å²) in [7, 11) is 1.91. The Morgan fingerprint density at radius 1 is 1.29 bits per heavy atom. The van der Waals surface area contributed by atoms with E-state index in [-0.39, 0.29) is 6.04 Å². The van der Waals surface area contributed by atoms with E-state index in [0.717, 1.165) is 20.8 Å². The lowest BCUT2D eigenvalue weighted by Crippen LogP contribution is -2.18. The van der Waals surface area contributed by atoms with Crippen molar-refractivity contribution in [3.8, 4) is 0 Å². The maximum absolute atomic E-state index is 6.00. The average Bonchev–Trinajstić information content (AvgIpc) is 2.33. The number of halogens is 2. The van der Waals surface area contributed by atoms with Gasteiger partial charge < -0.3 is 5.32 Å². The standard InChI is InChI=1S/C13H12BrClN2/c1-16-13(9-3-2-4-11(15)7-9)12-6-5-10(14)8-17-12/h2-8,13,16H,1H3. The summed E-state index contributed by atoms with van der Waals surface area (Å²) in [6.45, 7) is 0. The predicted octanol–water partition coefficient (Wildman–Crippen LogP) is 3.81. The van der Waals surface area contributed by atoms with Crippen LogP contribution in [-0.2, 0) is 0 Å². The van der Waals surface area contributed by atoms with E-state index in [9.17, 15) is 0 Å². The molecule has 1 atom stereocenters. The summed E-state index contributed by atoms with van der Waals surface area (Å²) in [6, 6.07) is 11.8. The number of aromatic nitrogens is 1. The Labute approximate surface area is 114 Å². The number of hydrogen-bond acceptors (Lipinski definition) is 2. The molecular formula is C13H12BrClN2. The van der Waals surface area contributed by atoms with Gasteiger partial charge in [0.2, 0.25) is 0 Å². The number of nitrogens with one attached hydrogen (secondary N) is 1. The summed E-state index contributed by atoms with van der Waals surface area (Å²) in [4.78, 5) is 4.40. The van der Waals surface area contributed by atoms with Crippen LogP contribution in [0.1, 0.15) is 17.3 Å². The summed E-state index contributed by atoms with van der Waals surface area (Å²) in [5.74, 6) is 0. The summed E-state index contributed by atoms with van der Waals surface area (Å²) < 4.78 is 0.974. The topological polar surface area (TPSA) is 24.9 Å². The molecule has 88 valence electrons. The third-order valence-corrected chi connectivity index (χ3v) is 3.22. The molecule has 0 spiro atoms. The van der Waals surface area contributed by atoms with Gasteiger partial charge in [-0.25, -0.2) is 0 Å². The Hall–Kier alpha value is -0.900. The Morgan fingerprint density at radius 2 is 2.12 bits per heavy atom.